The van der Waals surface area contributed by atoms with E-state index in [2.05, 4.69) is 0 Å². The highest BCUT2D eigenvalue weighted by Crippen LogP contribution is 2.28. The third-order valence-corrected chi connectivity index (χ3v) is 3.68. The van der Waals surface area contributed by atoms with Crippen LogP contribution in [0.5, 0.6) is 0 Å². The minimum Gasteiger partial charge on any atom is -0.368 e. The van der Waals surface area contributed by atoms with Gasteiger partial charge in [0.05, 0.1) is 21.7 Å². The van der Waals surface area contributed by atoms with Gasteiger partial charge in [0, 0.05) is 30.7 Å². The normalized spacial score (nSPS) is 9.74. The highest BCUT2D eigenvalue weighted by molar-refractivity contribution is 6.31. The Morgan fingerprint density at radius 2 is 1.83 bits per heavy atom. The molecule has 0 atom stereocenters. The minimum atomic E-state index is -0.496. The zero-order chi connectivity index (χ0) is 17.0. The number of halogens is 1. The Labute approximate surface area is 137 Å². The first-order chi connectivity index (χ1) is 11.0. The third-order valence-electron chi connectivity index (χ3n) is 3.31. The first-order valence-corrected chi connectivity index (χ1v) is 6.93. The summed E-state index contributed by atoms with van der Waals surface area (Å²) in [5.74, 6) is 0. The summed E-state index contributed by atoms with van der Waals surface area (Å²) < 4.78 is 0. The Kier molecular flexibility index (Phi) is 4.80. The molecular weight excluding hydrogens is 316 g/mol. The molecule has 6 nitrogen and oxygen atoms in total. The molecule has 0 saturated heterocycles. The van der Waals surface area contributed by atoms with Gasteiger partial charge < -0.3 is 4.90 Å². The fourth-order valence-corrected chi connectivity index (χ4v) is 2.44. The molecule has 0 radical (unpaired) electrons. The van der Waals surface area contributed by atoms with E-state index in [4.69, 9.17) is 11.6 Å². The van der Waals surface area contributed by atoms with E-state index in [0.29, 0.717) is 27.4 Å². The molecule has 0 aromatic heterocycles. The molecule has 0 N–H and O–H groups in total. The van der Waals surface area contributed by atoms with Crippen molar-refractivity contribution in [3.05, 3.63) is 68.2 Å². The lowest BCUT2D eigenvalue weighted by Gasteiger charge is -2.22. The maximum atomic E-state index is 10.9. The van der Waals surface area contributed by atoms with Crippen molar-refractivity contribution >= 4 is 23.0 Å². The topological polar surface area (TPSA) is 94.0 Å². The Balaban J connectivity index is 2.43. The van der Waals surface area contributed by atoms with E-state index in [1.807, 2.05) is 12.1 Å². The van der Waals surface area contributed by atoms with Crippen molar-refractivity contribution in [3.63, 3.8) is 0 Å². The second-order valence-electron chi connectivity index (χ2n) is 4.81. The summed E-state index contributed by atoms with van der Waals surface area (Å²) in [4.78, 5) is 12.1. The molecule has 0 aliphatic rings. The van der Waals surface area contributed by atoms with E-state index >= 15 is 0 Å². The molecule has 0 aliphatic carbocycles. The van der Waals surface area contributed by atoms with Crippen LogP contribution in [-0.4, -0.2) is 12.0 Å². The van der Waals surface area contributed by atoms with Crippen LogP contribution >= 0.6 is 11.6 Å². The lowest BCUT2D eigenvalue weighted by molar-refractivity contribution is -0.384. The van der Waals surface area contributed by atoms with Crippen LogP contribution in [0.1, 0.15) is 16.7 Å². The van der Waals surface area contributed by atoms with Crippen LogP contribution < -0.4 is 4.90 Å². The molecule has 0 fully saturated rings. The number of rotatable bonds is 4. The summed E-state index contributed by atoms with van der Waals surface area (Å²) in [5, 5.41) is 29.7. The first-order valence-electron chi connectivity index (χ1n) is 6.55. The Bertz CT molecular complexity index is 820. The highest BCUT2D eigenvalue weighted by Gasteiger charge is 2.16. The lowest BCUT2D eigenvalue weighted by atomic mass is 10.1. The van der Waals surface area contributed by atoms with Crippen LogP contribution in [0.15, 0.2) is 36.4 Å². The molecule has 0 unspecified atom stereocenters. The Hall–Kier alpha value is -3.09. The van der Waals surface area contributed by atoms with Crippen molar-refractivity contribution in [1.29, 1.82) is 10.5 Å². The molecule has 2 aromatic carbocycles. The summed E-state index contributed by atoms with van der Waals surface area (Å²) in [6.45, 7) is 0.230. The SMILES string of the molecule is CN(Cc1cc([N+](=O)[O-])ccc1Cl)c1c(C#N)cccc1C#N. The van der Waals surface area contributed by atoms with E-state index in [9.17, 15) is 20.6 Å². The van der Waals surface area contributed by atoms with Crippen LogP contribution in [-0.2, 0) is 6.54 Å². The van der Waals surface area contributed by atoms with Gasteiger partial charge in [-0.1, -0.05) is 17.7 Å². The summed E-state index contributed by atoms with van der Waals surface area (Å²) in [6, 6.07) is 13.1. The van der Waals surface area contributed by atoms with Crippen LogP contribution in [0, 0.1) is 32.8 Å². The number of benzene rings is 2. The standard InChI is InChI=1S/C16H11ClN4O2/c1-20(16-11(8-18)3-2-4-12(16)9-19)10-13-7-14(21(22)23)5-6-15(13)17/h2-7H,10H2,1H3. The van der Waals surface area contributed by atoms with E-state index in [0.717, 1.165) is 0 Å². The van der Waals surface area contributed by atoms with Gasteiger partial charge in [-0.15, -0.1) is 0 Å². The van der Waals surface area contributed by atoms with Gasteiger partial charge in [0.25, 0.3) is 5.69 Å². The van der Waals surface area contributed by atoms with Crippen molar-refractivity contribution in [1.82, 2.24) is 0 Å². The first kappa shape index (κ1) is 16.3. The predicted molar refractivity (Wildman–Crippen MR) is 86.1 cm³/mol. The number of nitro benzene ring substituents is 1. The van der Waals surface area contributed by atoms with Crippen molar-refractivity contribution in [2.45, 2.75) is 6.54 Å². The Morgan fingerprint density at radius 1 is 1.22 bits per heavy atom. The fourth-order valence-electron chi connectivity index (χ4n) is 2.27. The highest BCUT2D eigenvalue weighted by atomic mass is 35.5. The number of anilines is 1. The molecule has 0 heterocycles. The second-order valence-corrected chi connectivity index (χ2v) is 5.22. The van der Waals surface area contributed by atoms with Crippen LogP contribution in [0.25, 0.3) is 0 Å². The maximum Gasteiger partial charge on any atom is 0.269 e. The van der Waals surface area contributed by atoms with E-state index in [1.165, 1.54) is 18.2 Å². The summed E-state index contributed by atoms with van der Waals surface area (Å²) in [5.41, 5.74) is 1.66. The molecule has 0 saturated carbocycles. The number of para-hydroxylation sites is 1. The van der Waals surface area contributed by atoms with Gasteiger partial charge in [-0.05, 0) is 23.8 Å². The van der Waals surface area contributed by atoms with E-state index in [1.54, 1.807) is 30.1 Å². The molecule has 23 heavy (non-hydrogen) atoms. The van der Waals surface area contributed by atoms with Crippen LogP contribution in [0.4, 0.5) is 11.4 Å². The van der Waals surface area contributed by atoms with Crippen LogP contribution in [0.2, 0.25) is 5.02 Å². The zero-order valence-corrected chi connectivity index (χ0v) is 12.9. The summed E-state index contributed by atoms with van der Waals surface area (Å²) in [7, 11) is 1.70. The monoisotopic (exact) mass is 326 g/mol. The maximum absolute atomic E-state index is 10.9. The number of nitriles is 2. The average molecular weight is 327 g/mol. The fraction of sp³-hybridized carbons (Fsp3) is 0.125. The minimum absolute atomic E-state index is 0.0631. The van der Waals surface area contributed by atoms with Gasteiger partial charge >= 0.3 is 0 Å². The van der Waals surface area contributed by atoms with Gasteiger partial charge in [0.1, 0.15) is 12.1 Å². The molecule has 2 aromatic rings. The van der Waals surface area contributed by atoms with E-state index < -0.39 is 4.92 Å². The molecular formula is C16H11ClN4O2. The van der Waals surface area contributed by atoms with Gasteiger partial charge in [-0.3, -0.25) is 10.1 Å². The molecule has 0 aliphatic heterocycles. The molecule has 0 spiro atoms. The number of hydrogen-bond donors (Lipinski definition) is 0. The average Bonchev–Trinajstić information content (AvgIpc) is 2.55. The molecule has 0 amide bonds. The molecule has 7 heteroatoms. The summed E-state index contributed by atoms with van der Waals surface area (Å²) in [6.07, 6.45) is 0. The largest absolute Gasteiger partial charge is 0.368 e. The second kappa shape index (κ2) is 6.78. The lowest BCUT2D eigenvalue weighted by Crippen LogP contribution is -2.19. The van der Waals surface area contributed by atoms with Crippen molar-refractivity contribution < 1.29 is 4.92 Å². The van der Waals surface area contributed by atoms with Crippen molar-refractivity contribution in [2.24, 2.45) is 0 Å². The molecule has 114 valence electrons. The van der Waals surface area contributed by atoms with Gasteiger partial charge in [0.2, 0.25) is 0 Å². The van der Waals surface area contributed by atoms with Gasteiger partial charge in [-0.2, -0.15) is 10.5 Å². The quantitative estimate of drug-likeness (QED) is 0.631. The zero-order valence-electron chi connectivity index (χ0n) is 12.2. The van der Waals surface area contributed by atoms with Crippen LogP contribution in [0.3, 0.4) is 0 Å². The third kappa shape index (κ3) is 3.39. The van der Waals surface area contributed by atoms with Crippen molar-refractivity contribution in [2.75, 3.05) is 11.9 Å². The number of non-ortho nitro benzene ring substituents is 1. The summed E-state index contributed by atoms with van der Waals surface area (Å²) >= 11 is 6.10. The van der Waals surface area contributed by atoms with Gasteiger partial charge in [-0.25, -0.2) is 0 Å². The van der Waals surface area contributed by atoms with Crippen molar-refractivity contribution in [3.8, 4) is 12.1 Å². The van der Waals surface area contributed by atoms with E-state index in [-0.39, 0.29) is 12.2 Å². The number of nitrogens with zero attached hydrogens (tertiary/aromatic N) is 4. The molecule has 0 bridgehead atoms. The van der Waals surface area contributed by atoms with Gasteiger partial charge in [0.15, 0.2) is 0 Å². The smallest absolute Gasteiger partial charge is 0.269 e. The predicted octanol–water partition coefficient (Wildman–Crippen LogP) is 3.63. The number of hydrogen-bond acceptors (Lipinski definition) is 5. The number of nitro groups is 1. The Morgan fingerprint density at radius 3 is 2.35 bits per heavy atom. The molecule has 2 rings (SSSR count).